The van der Waals surface area contributed by atoms with Crippen molar-refractivity contribution in [2.24, 2.45) is 5.92 Å². The van der Waals surface area contributed by atoms with Gasteiger partial charge in [0.15, 0.2) is 0 Å². The summed E-state index contributed by atoms with van der Waals surface area (Å²) in [5.74, 6) is 1.02. The number of rotatable bonds is 5. The molecule has 1 heterocycles. The highest BCUT2D eigenvalue weighted by Gasteiger charge is 2.24. The first-order chi connectivity index (χ1) is 7.65. The lowest BCUT2D eigenvalue weighted by Crippen LogP contribution is -2.45. The Morgan fingerprint density at radius 2 is 2.25 bits per heavy atom. The van der Waals surface area contributed by atoms with Crippen molar-refractivity contribution in [1.29, 1.82) is 0 Å². The second-order valence-corrected chi connectivity index (χ2v) is 5.07. The lowest BCUT2D eigenvalue weighted by Gasteiger charge is -2.26. The predicted molar refractivity (Wildman–Crippen MR) is 65.7 cm³/mol. The molecule has 1 aliphatic heterocycles. The molecule has 0 radical (unpaired) electrons. The number of carbonyl (C=O) groups is 1. The molecule has 3 nitrogen and oxygen atoms in total. The van der Waals surface area contributed by atoms with E-state index in [9.17, 15) is 4.79 Å². The summed E-state index contributed by atoms with van der Waals surface area (Å²) in [5, 5.41) is 3.04. The van der Waals surface area contributed by atoms with Crippen molar-refractivity contribution in [2.45, 2.75) is 51.7 Å². The Bertz CT molecular complexity index is 215. The Kier molecular flexibility index (Phi) is 6.14. The zero-order valence-electron chi connectivity index (χ0n) is 10.2. The van der Waals surface area contributed by atoms with E-state index in [2.05, 4.69) is 19.2 Å². The van der Waals surface area contributed by atoms with Crippen molar-refractivity contribution in [3.63, 3.8) is 0 Å². The van der Waals surface area contributed by atoms with Gasteiger partial charge < -0.3 is 10.1 Å². The average molecular weight is 248 g/mol. The van der Waals surface area contributed by atoms with E-state index in [0.29, 0.717) is 18.4 Å². The van der Waals surface area contributed by atoms with Crippen molar-refractivity contribution in [3.8, 4) is 0 Å². The third kappa shape index (κ3) is 4.30. The standard InChI is InChI=1S/C12H22ClNO2/c1-9(2)10(6-7-13)14-12(15)11-5-3-4-8-16-11/h9-11H,3-8H2,1-2H3,(H,14,15). The van der Waals surface area contributed by atoms with Gasteiger partial charge in [0.1, 0.15) is 6.10 Å². The molecule has 1 aliphatic rings. The summed E-state index contributed by atoms with van der Waals surface area (Å²) in [6.07, 6.45) is 3.57. The number of alkyl halides is 1. The van der Waals surface area contributed by atoms with Crippen LogP contribution in [0.4, 0.5) is 0 Å². The second kappa shape index (κ2) is 7.13. The zero-order chi connectivity index (χ0) is 12.0. The summed E-state index contributed by atoms with van der Waals surface area (Å²) in [6.45, 7) is 4.90. The van der Waals surface area contributed by atoms with Crippen LogP contribution in [0.2, 0.25) is 0 Å². The molecule has 0 aromatic rings. The maximum atomic E-state index is 11.9. The minimum Gasteiger partial charge on any atom is -0.368 e. The molecule has 1 amide bonds. The number of hydrogen-bond donors (Lipinski definition) is 1. The van der Waals surface area contributed by atoms with E-state index in [0.717, 1.165) is 25.7 Å². The molecule has 0 aromatic carbocycles. The fourth-order valence-electron chi connectivity index (χ4n) is 1.91. The van der Waals surface area contributed by atoms with Gasteiger partial charge in [0.2, 0.25) is 5.91 Å². The molecular formula is C12H22ClNO2. The Balaban J connectivity index is 2.40. The molecule has 94 valence electrons. The molecule has 16 heavy (non-hydrogen) atoms. The maximum Gasteiger partial charge on any atom is 0.249 e. The number of hydrogen-bond acceptors (Lipinski definition) is 2. The maximum absolute atomic E-state index is 11.9. The van der Waals surface area contributed by atoms with Crippen LogP contribution in [0.1, 0.15) is 39.5 Å². The number of ether oxygens (including phenoxy) is 1. The molecule has 0 spiro atoms. The molecule has 0 bridgehead atoms. The third-order valence-electron chi connectivity index (χ3n) is 3.02. The van der Waals surface area contributed by atoms with Crippen molar-refractivity contribution in [3.05, 3.63) is 0 Å². The molecule has 2 atom stereocenters. The minimum absolute atomic E-state index is 0.0310. The van der Waals surface area contributed by atoms with Gasteiger partial charge in [0.25, 0.3) is 0 Å². The molecular weight excluding hydrogens is 226 g/mol. The summed E-state index contributed by atoms with van der Waals surface area (Å²) in [7, 11) is 0. The average Bonchev–Trinajstić information content (AvgIpc) is 2.29. The van der Waals surface area contributed by atoms with E-state index in [1.807, 2.05) is 0 Å². The first kappa shape index (κ1) is 13.8. The van der Waals surface area contributed by atoms with Gasteiger partial charge in [0, 0.05) is 18.5 Å². The third-order valence-corrected chi connectivity index (χ3v) is 3.24. The molecule has 1 saturated heterocycles. The minimum atomic E-state index is -0.245. The van der Waals surface area contributed by atoms with Gasteiger partial charge >= 0.3 is 0 Å². The number of carbonyl (C=O) groups excluding carboxylic acids is 1. The Morgan fingerprint density at radius 1 is 1.50 bits per heavy atom. The Hall–Kier alpha value is -0.280. The topological polar surface area (TPSA) is 38.3 Å². The van der Waals surface area contributed by atoms with Crippen molar-refractivity contribution in [2.75, 3.05) is 12.5 Å². The first-order valence-electron chi connectivity index (χ1n) is 6.13. The van der Waals surface area contributed by atoms with Gasteiger partial charge in [-0.25, -0.2) is 0 Å². The quantitative estimate of drug-likeness (QED) is 0.758. The molecule has 0 aromatic heterocycles. The van der Waals surface area contributed by atoms with E-state index >= 15 is 0 Å². The lowest BCUT2D eigenvalue weighted by molar-refractivity contribution is -0.136. The van der Waals surface area contributed by atoms with Crippen molar-refractivity contribution in [1.82, 2.24) is 5.32 Å². The fraction of sp³-hybridized carbons (Fsp3) is 0.917. The number of nitrogens with one attached hydrogen (secondary N) is 1. The molecule has 0 aliphatic carbocycles. The number of amides is 1. The van der Waals surface area contributed by atoms with E-state index in [-0.39, 0.29) is 18.1 Å². The highest BCUT2D eigenvalue weighted by atomic mass is 35.5. The second-order valence-electron chi connectivity index (χ2n) is 4.69. The molecule has 1 fully saturated rings. The number of halogens is 1. The lowest BCUT2D eigenvalue weighted by atomic mass is 10.0. The summed E-state index contributed by atoms with van der Waals surface area (Å²) >= 11 is 5.73. The van der Waals surface area contributed by atoms with Crippen LogP contribution >= 0.6 is 11.6 Å². The Labute approximate surface area is 103 Å². The highest BCUT2D eigenvalue weighted by Crippen LogP contribution is 2.14. The SMILES string of the molecule is CC(C)C(CCCl)NC(=O)C1CCCCO1. The van der Waals surface area contributed by atoms with Gasteiger partial charge in [-0.2, -0.15) is 0 Å². The summed E-state index contributed by atoms with van der Waals surface area (Å²) < 4.78 is 5.45. The van der Waals surface area contributed by atoms with Crippen molar-refractivity contribution >= 4 is 17.5 Å². The highest BCUT2D eigenvalue weighted by molar-refractivity contribution is 6.17. The predicted octanol–water partition coefficient (Wildman–Crippen LogP) is 2.33. The fourth-order valence-corrected chi connectivity index (χ4v) is 2.15. The van der Waals surface area contributed by atoms with E-state index in [1.165, 1.54) is 0 Å². The Morgan fingerprint density at radius 3 is 2.75 bits per heavy atom. The van der Waals surface area contributed by atoms with Gasteiger partial charge in [-0.15, -0.1) is 11.6 Å². The summed E-state index contributed by atoms with van der Waals surface area (Å²) in [4.78, 5) is 11.9. The molecule has 1 N–H and O–H groups in total. The van der Waals surface area contributed by atoms with Crippen LogP contribution in [0.5, 0.6) is 0 Å². The largest absolute Gasteiger partial charge is 0.368 e. The van der Waals surface area contributed by atoms with Gasteiger partial charge in [-0.3, -0.25) is 4.79 Å². The summed E-state index contributed by atoms with van der Waals surface area (Å²) in [5.41, 5.74) is 0. The molecule has 0 saturated carbocycles. The molecule has 2 unspecified atom stereocenters. The van der Waals surface area contributed by atoms with Crippen LogP contribution in [0.15, 0.2) is 0 Å². The molecule has 1 rings (SSSR count). The van der Waals surface area contributed by atoms with Gasteiger partial charge in [-0.1, -0.05) is 13.8 Å². The van der Waals surface area contributed by atoms with Crippen molar-refractivity contribution < 1.29 is 9.53 Å². The normalized spacial score (nSPS) is 23.1. The van der Waals surface area contributed by atoms with E-state index in [4.69, 9.17) is 16.3 Å². The smallest absolute Gasteiger partial charge is 0.249 e. The van der Waals surface area contributed by atoms with Crippen LogP contribution in [0, 0.1) is 5.92 Å². The summed E-state index contributed by atoms with van der Waals surface area (Å²) in [6, 6.07) is 0.163. The monoisotopic (exact) mass is 247 g/mol. The van der Waals surface area contributed by atoms with Crippen LogP contribution < -0.4 is 5.32 Å². The van der Waals surface area contributed by atoms with E-state index in [1.54, 1.807) is 0 Å². The van der Waals surface area contributed by atoms with Crippen LogP contribution in [0.25, 0.3) is 0 Å². The van der Waals surface area contributed by atoms with Crippen LogP contribution in [-0.2, 0) is 9.53 Å². The zero-order valence-corrected chi connectivity index (χ0v) is 10.9. The first-order valence-corrected chi connectivity index (χ1v) is 6.66. The van der Waals surface area contributed by atoms with Crippen LogP contribution in [0.3, 0.4) is 0 Å². The van der Waals surface area contributed by atoms with Gasteiger partial charge in [-0.05, 0) is 31.6 Å². The van der Waals surface area contributed by atoms with Crippen LogP contribution in [-0.4, -0.2) is 30.5 Å². The molecule has 4 heteroatoms. The van der Waals surface area contributed by atoms with Gasteiger partial charge in [0.05, 0.1) is 0 Å². The van der Waals surface area contributed by atoms with E-state index < -0.39 is 0 Å².